The van der Waals surface area contributed by atoms with E-state index in [9.17, 15) is 4.39 Å². The molecule has 6 aromatic rings. The number of hydrogen-bond donors (Lipinski definition) is 1. The number of rotatable bonds is 5. The maximum absolute atomic E-state index is 12.9. The first-order valence-corrected chi connectivity index (χ1v) is 12.5. The third-order valence-electron chi connectivity index (χ3n) is 5.36. The molecule has 0 saturated heterocycles. The van der Waals surface area contributed by atoms with Gasteiger partial charge in [-0.05, 0) is 54.1 Å². The minimum atomic E-state index is -0.261. The predicted octanol–water partition coefficient (Wildman–Crippen LogP) is 7.47. The first kappa shape index (κ1) is 26.4. The lowest BCUT2D eigenvalue weighted by molar-refractivity contribution is 0.306. The molecule has 0 aliphatic rings. The van der Waals surface area contributed by atoms with Crippen molar-refractivity contribution in [3.8, 4) is 5.75 Å². The van der Waals surface area contributed by atoms with Crippen molar-refractivity contribution in [3.05, 3.63) is 113 Å². The van der Waals surface area contributed by atoms with Crippen molar-refractivity contribution in [3.63, 3.8) is 0 Å². The molecule has 0 fully saturated rings. The van der Waals surface area contributed by atoms with Gasteiger partial charge in [-0.2, -0.15) is 0 Å². The summed E-state index contributed by atoms with van der Waals surface area (Å²) in [6.07, 6.45) is 6.03. The van der Waals surface area contributed by atoms with E-state index in [4.69, 9.17) is 39.5 Å². The predicted molar refractivity (Wildman–Crippen MR) is 150 cm³/mol. The average Bonchev–Trinajstić information content (AvgIpc) is 2.95. The molecule has 6 rings (SSSR count). The summed E-state index contributed by atoms with van der Waals surface area (Å²) in [6.45, 7) is 0.370. The highest BCUT2D eigenvalue weighted by molar-refractivity contribution is 6.35. The van der Waals surface area contributed by atoms with E-state index >= 15 is 0 Å². The summed E-state index contributed by atoms with van der Waals surface area (Å²) in [7, 11) is 0. The molecule has 4 aromatic heterocycles. The number of pyridine rings is 2. The highest BCUT2D eigenvalue weighted by Crippen LogP contribution is 2.26. The third kappa shape index (κ3) is 6.83. The van der Waals surface area contributed by atoms with E-state index in [2.05, 4.69) is 35.2 Å². The lowest BCUT2D eigenvalue weighted by Crippen LogP contribution is -1.98. The Morgan fingerprint density at radius 3 is 2.00 bits per heavy atom. The molecular formula is C27H17Cl3FN7O. The zero-order chi connectivity index (χ0) is 27.2. The number of aromatic nitrogens is 6. The topological polar surface area (TPSA) is 98.6 Å². The van der Waals surface area contributed by atoms with Gasteiger partial charge in [-0.15, -0.1) is 0 Å². The molecule has 1 N–H and O–H groups in total. The fourth-order valence-electron chi connectivity index (χ4n) is 3.45. The van der Waals surface area contributed by atoms with Gasteiger partial charge in [-0.1, -0.05) is 46.9 Å². The summed E-state index contributed by atoms with van der Waals surface area (Å²) >= 11 is 17.4. The smallest absolute Gasteiger partial charge is 0.141 e. The summed E-state index contributed by atoms with van der Waals surface area (Å²) in [5, 5.41) is 5.91. The quantitative estimate of drug-likeness (QED) is 0.166. The summed E-state index contributed by atoms with van der Waals surface area (Å²) in [5.74, 6) is 1.09. The van der Waals surface area contributed by atoms with Crippen LogP contribution >= 0.6 is 34.8 Å². The molecule has 194 valence electrons. The van der Waals surface area contributed by atoms with E-state index in [1.165, 1.54) is 24.8 Å². The normalized spacial score (nSPS) is 10.7. The Hall–Kier alpha value is -4.18. The van der Waals surface area contributed by atoms with Crippen molar-refractivity contribution < 1.29 is 9.13 Å². The fraction of sp³-hybridized carbons (Fsp3) is 0.0370. The molecule has 39 heavy (non-hydrogen) atoms. The molecule has 0 saturated carbocycles. The molecule has 0 unspecified atom stereocenters. The van der Waals surface area contributed by atoms with Crippen LogP contribution in [0.4, 0.5) is 15.9 Å². The first-order valence-electron chi connectivity index (χ1n) is 11.4. The van der Waals surface area contributed by atoms with Gasteiger partial charge in [0, 0.05) is 16.5 Å². The van der Waals surface area contributed by atoms with Crippen LogP contribution in [0.1, 0.15) is 5.56 Å². The number of halogens is 4. The molecule has 0 aliphatic heterocycles. The van der Waals surface area contributed by atoms with Crippen LogP contribution < -0.4 is 10.1 Å². The van der Waals surface area contributed by atoms with Crippen LogP contribution in [0.25, 0.3) is 21.8 Å². The third-order valence-corrected chi connectivity index (χ3v) is 6.08. The molecule has 0 spiro atoms. The molecular weight excluding hydrogens is 564 g/mol. The van der Waals surface area contributed by atoms with Crippen LogP contribution in [-0.4, -0.2) is 29.9 Å². The van der Waals surface area contributed by atoms with Crippen LogP contribution in [0.15, 0.2) is 85.7 Å². The van der Waals surface area contributed by atoms with Crippen molar-refractivity contribution in [1.82, 2.24) is 29.9 Å². The molecule has 8 nitrogen and oxygen atoms in total. The van der Waals surface area contributed by atoms with Crippen LogP contribution in [0, 0.1) is 5.82 Å². The lowest BCUT2D eigenvalue weighted by Gasteiger charge is -2.10. The Morgan fingerprint density at radius 1 is 0.692 bits per heavy atom. The van der Waals surface area contributed by atoms with Crippen molar-refractivity contribution >= 4 is 68.1 Å². The van der Waals surface area contributed by atoms with Crippen LogP contribution in [0.2, 0.25) is 15.5 Å². The number of anilines is 2. The van der Waals surface area contributed by atoms with Crippen LogP contribution in [0.3, 0.4) is 0 Å². The Labute approximate surface area is 236 Å². The van der Waals surface area contributed by atoms with E-state index < -0.39 is 0 Å². The molecule has 2 aromatic carbocycles. The van der Waals surface area contributed by atoms with Crippen molar-refractivity contribution in [1.29, 1.82) is 0 Å². The second-order valence-corrected chi connectivity index (χ2v) is 9.13. The summed E-state index contributed by atoms with van der Waals surface area (Å²) in [5.41, 5.74) is 3.14. The second-order valence-electron chi connectivity index (χ2n) is 8.00. The van der Waals surface area contributed by atoms with Gasteiger partial charge < -0.3 is 10.1 Å². The van der Waals surface area contributed by atoms with Gasteiger partial charge in [-0.25, -0.2) is 34.3 Å². The van der Waals surface area contributed by atoms with Crippen molar-refractivity contribution in [2.45, 2.75) is 6.61 Å². The molecule has 0 bridgehead atoms. The Bertz CT molecular complexity index is 1740. The van der Waals surface area contributed by atoms with Gasteiger partial charge in [0.05, 0.1) is 23.4 Å². The molecule has 12 heteroatoms. The monoisotopic (exact) mass is 579 g/mol. The number of ether oxygens (including phenoxy) is 1. The zero-order valence-electron chi connectivity index (χ0n) is 19.9. The average molecular weight is 581 g/mol. The van der Waals surface area contributed by atoms with Gasteiger partial charge in [0.25, 0.3) is 0 Å². The van der Waals surface area contributed by atoms with Gasteiger partial charge in [0.2, 0.25) is 0 Å². The van der Waals surface area contributed by atoms with E-state index in [0.717, 1.165) is 22.0 Å². The van der Waals surface area contributed by atoms with Crippen LogP contribution in [-0.2, 0) is 6.61 Å². The highest BCUT2D eigenvalue weighted by Gasteiger charge is 2.06. The van der Waals surface area contributed by atoms with Crippen molar-refractivity contribution in [2.24, 2.45) is 0 Å². The second kappa shape index (κ2) is 12.1. The molecule has 0 atom stereocenters. The van der Waals surface area contributed by atoms with Gasteiger partial charge in [0.1, 0.15) is 52.1 Å². The fourth-order valence-corrected chi connectivity index (χ4v) is 3.96. The summed E-state index contributed by atoms with van der Waals surface area (Å²) < 4.78 is 18.6. The van der Waals surface area contributed by atoms with E-state index in [-0.39, 0.29) is 5.82 Å². The Balaban J connectivity index is 0.000000214. The minimum absolute atomic E-state index is 0.261. The molecule has 4 heterocycles. The lowest BCUT2D eigenvalue weighted by atomic mass is 10.2. The van der Waals surface area contributed by atoms with Crippen molar-refractivity contribution in [2.75, 3.05) is 5.32 Å². The standard InChI is InChI=1S/C20H14ClFN4O.C7H3Cl2N3/c21-19-9-17-18(10-23-19)24-12-25-20(17)26-15-5-7-16(8-6-15)27-11-13-1-3-14(22)4-2-13;8-6-1-4-5(2-10-6)11-3-12-7(4)9/h1-10,12H,11H2,(H,24,25,26);1-3H. The summed E-state index contributed by atoms with van der Waals surface area (Å²) in [4.78, 5) is 24.1. The number of nitrogens with zero attached hydrogens (tertiary/aromatic N) is 6. The van der Waals surface area contributed by atoms with E-state index in [0.29, 0.717) is 44.7 Å². The Morgan fingerprint density at radius 2 is 1.31 bits per heavy atom. The number of fused-ring (bicyclic) bond motifs is 2. The number of benzene rings is 2. The molecule has 0 aliphatic carbocycles. The molecule has 0 radical (unpaired) electrons. The zero-order valence-corrected chi connectivity index (χ0v) is 22.2. The van der Waals surface area contributed by atoms with Gasteiger partial charge in [0.15, 0.2) is 0 Å². The highest BCUT2D eigenvalue weighted by atomic mass is 35.5. The minimum Gasteiger partial charge on any atom is -0.489 e. The maximum atomic E-state index is 12.9. The first-order chi connectivity index (χ1) is 18.9. The number of nitrogens with one attached hydrogen (secondary N) is 1. The molecule has 0 amide bonds. The SMILES string of the molecule is Clc1cc2c(Cl)ncnc2cn1.Fc1ccc(COc2ccc(Nc3ncnc4cnc(Cl)cc34)cc2)cc1. The largest absolute Gasteiger partial charge is 0.489 e. The van der Waals surface area contributed by atoms with Gasteiger partial charge in [-0.3, -0.25) is 0 Å². The summed E-state index contributed by atoms with van der Waals surface area (Å²) in [6, 6.07) is 17.1. The number of hydrogen-bond acceptors (Lipinski definition) is 8. The van der Waals surface area contributed by atoms with Crippen LogP contribution in [0.5, 0.6) is 5.75 Å². The van der Waals surface area contributed by atoms with E-state index in [1.54, 1.807) is 36.7 Å². The maximum Gasteiger partial charge on any atom is 0.141 e. The van der Waals surface area contributed by atoms with Gasteiger partial charge >= 0.3 is 0 Å². The van der Waals surface area contributed by atoms with E-state index in [1.807, 2.05) is 24.3 Å². The Kier molecular flexibility index (Phi) is 8.21.